The minimum atomic E-state index is -2.59. The number of thioether (sulfide) groups is 1. The number of nitrogens with zero attached hydrogens (tertiary/aromatic N) is 3. The van der Waals surface area contributed by atoms with Crippen molar-refractivity contribution in [1.82, 2.24) is 20.2 Å². The van der Waals surface area contributed by atoms with Gasteiger partial charge in [-0.15, -0.1) is 24.0 Å². The summed E-state index contributed by atoms with van der Waals surface area (Å²) in [7, 11) is 0. The fourth-order valence-corrected chi connectivity index (χ4v) is 3.63. The van der Waals surface area contributed by atoms with Crippen LogP contribution in [0.3, 0.4) is 0 Å². The summed E-state index contributed by atoms with van der Waals surface area (Å²) in [6.07, 6.45) is 5.06. The number of halogens is 3. The lowest BCUT2D eigenvalue weighted by molar-refractivity contribution is 0.0671. The molecule has 5 nitrogen and oxygen atoms in total. The molecule has 23 heavy (non-hydrogen) atoms. The first-order valence-electron chi connectivity index (χ1n) is 7.50. The Kier molecular flexibility index (Phi) is 8.59. The molecule has 0 aliphatic carbocycles. The van der Waals surface area contributed by atoms with Gasteiger partial charge in [0.05, 0.1) is 0 Å². The number of hydrogen-bond acceptors (Lipinski definition) is 3. The second kappa shape index (κ2) is 9.65. The molecule has 9 heteroatoms. The highest BCUT2D eigenvalue weighted by Crippen LogP contribution is 2.36. The molecule has 0 radical (unpaired) electrons. The highest BCUT2D eigenvalue weighted by molar-refractivity contribution is 14.0. The highest BCUT2D eigenvalue weighted by atomic mass is 127. The number of rotatable bonds is 6. The Hall–Kier alpha value is -0.580. The summed E-state index contributed by atoms with van der Waals surface area (Å²) < 4.78 is 26.6. The zero-order valence-electron chi connectivity index (χ0n) is 13.4. The van der Waals surface area contributed by atoms with Gasteiger partial charge in [-0.05, 0) is 32.4 Å². The number of guanidine groups is 1. The van der Waals surface area contributed by atoms with Gasteiger partial charge in [0.25, 0.3) is 0 Å². The lowest BCUT2D eigenvalue weighted by atomic mass is 10.1. The molecule has 1 saturated heterocycles. The van der Waals surface area contributed by atoms with Gasteiger partial charge >= 0.3 is 6.55 Å². The summed E-state index contributed by atoms with van der Waals surface area (Å²) in [5.74, 6) is 2.09. The summed E-state index contributed by atoms with van der Waals surface area (Å²) >= 11 is 1.97. The summed E-state index contributed by atoms with van der Waals surface area (Å²) in [6, 6.07) is 0. The molecule has 1 atom stereocenters. The monoisotopic (exact) mass is 459 g/mol. The number of imidazole rings is 1. The Morgan fingerprint density at radius 1 is 1.52 bits per heavy atom. The third kappa shape index (κ3) is 6.09. The van der Waals surface area contributed by atoms with Crippen LogP contribution >= 0.6 is 35.7 Å². The van der Waals surface area contributed by atoms with Crippen molar-refractivity contribution in [3.8, 4) is 0 Å². The molecule has 2 N–H and O–H groups in total. The van der Waals surface area contributed by atoms with Crippen LogP contribution < -0.4 is 10.6 Å². The van der Waals surface area contributed by atoms with Gasteiger partial charge in [-0.3, -0.25) is 4.57 Å². The molecule has 1 aliphatic rings. The second-order valence-electron chi connectivity index (χ2n) is 5.48. The first-order valence-corrected chi connectivity index (χ1v) is 8.48. The molecule has 0 saturated carbocycles. The van der Waals surface area contributed by atoms with E-state index in [0.717, 1.165) is 17.7 Å². The fourth-order valence-electron chi connectivity index (χ4n) is 2.38. The molecular weight excluding hydrogens is 435 g/mol. The summed E-state index contributed by atoms with van der Waals surface area (Å²) in [4.78, 5) is 8.30. The summed E-state index contributed by atoms with van der Waals surface area (Å²) in [5.41, 5.74) is 0. The Bertz CT molecular complexity index is 503. The van der Waals surface area contributed by atoms with E-state index in [1.165, 1.54) is 31.0 Å². The van der Waals surface area contributed by atoms with Gasteiger partial charge in [-0.1, -0.05) is 0 Å². The zero-order valence-corrected chi connectivity index (χ0v) is 16.5. The fraction of sp³-hybridized carbons (Fsp3) is 0.714. The molecule has 1 aromatic rings. The van der Waals surface area contributed by atoms with Gasteiger partial charge in [0.1, 0.15) is 12.4 Å². The van der Waals surface area contributed by atoms with Crippen LogP contribution in [0.5, 0.6) is 0 Å². The molecule has 0 bridgehead atoms. The van der Waals surface area contributed by atoms with Crippen LogP contribution in [0.25, 0.3) is 0 Å². The first-order chi connectivity index (χ1) is 10.5. The van der Waals surface area contributed by atoms with Crippen molar-refractivity contribution in [3.05, 3.63) is 18.2 Å². The van der Waals surface area contributed by atoms with Crippen molar-refractivity contribution in [2.75, 3.05) is 18.8 Å². The van der Waals surface area contributed by atoms with E-state index in [0.29, 0.717) is 5.96 Å². The number of aliphatic imine (C=N–C) groups is 1. The topological polar surface area (TPSA) is 54.2 Å². The van der Waals surface area contributed by atoms with Gasteiger partial charge in [0.15, 0.2) is 5.96 Å². The second-order valence-corrected chi connectivity index (χ2v) is 7.16. The smallest absolute Gasteiger partial charge is 0.319 e. The van der Waals surface area contributed by atoms with Crippen molar-refractivity contribution in [2.24, 2.45) is 4.99 Å². The van der Waals surface area contributed by atoms with E-state index in [4.69, 9.17) is 0 Å². The zero-order chi connectivity index (χ0) is 16.0. The van der Waals surface area contributed by atoms with E-state index in [-0.39, 0.29) is 41.1 Å². The van der Waals surface area contributed by atoms with Crippen LogP contribution in [-0.4, -0.2) is 39.1 Å². The van der Waals surface area contributed by atoms with Gasteiger partial charge in [0, 0.05) is 30.2 Å². The molecule has 1 fully saturated rings. The maximum absolute atomic E-state index is 12.8. The first kappa shape index (κ1) is 20.5. The average molecular weight is 459 g/mol. The van der Waals surface area contributed by atoms with E-state index in [9.17, 15) is 8.78 Å². The van der Waals surface area contributed by atoms with E-state index in [2.05, 4.69) is 27.5 Å². The molecule has 0 aromatic carbocycles. The third-order valence-corrected chi connectivity index (χ3v) is 5.15. The van der Waals surface area contributed by atoms with Crippen molar-refractivity contribution in [3.63, 3.8) is 0 Å². The summed E-state index contributed by atoms with van der Waals surface area (Å²) in [5, 5.41) is 6.45. The third-order valence-electron chi connectivity index (χ3n) is 3.61. The number of aromatic nitrogens is 2. The Balaban J connectivity index is 0.00000264. The van der Waals surface area contributed by atoms with Gasteiger partial charge in [-0.25, -0.2) is 9.98 Å². The average Bonchev–Trinajstić information content (AvgIpc) is 3.11. The SMILES string of the molecule is CCNC(=NCc1nccn1C(F)F)NCC1(C)CCCS1.I. The molecule has 0 spiro atoms. The maximum atomic E-state index is 12.8. The van der Waals surface area contributed by atoms with E-state index >= 15 is 0 Å². The van der Waals surface area contributed by atoms with Crippen LogP contribution in [0.1, 0.15) is 39.1 Å². The standard InChI is InChI=1S/C14H23F2N5S.HI/c1-3-17-13(20-10-14(2)5-4-8-22-14)19-9-11-18-6-7-21(11)12(15)16;/h6-7,12H,3-5,8-10H2,1-2H3,(H2,17,19,20);1H. The molecular formula is C14H24F2IN5S. The van der Waals surface area contributed by atoms with Crippen molar-refractivity contribution < 1.29 is 8.78 Å². The Morgan fingerprint density at radius 3 is 2.91 bits per heavy atom. The van der Waals surface area contributed by atoms with Crippen LogP contribution in [0.15, 0.2) is 17.4 Å². The summed E-state index contributed by atoms with van der Waals surface area (Å²) in [6.45, 7) is 3.29. The van der Waals surface area contributed by atoms with Crippen LogP contribution in [0.4, 0.5) is 8.78 Å². The number of nitrogens with one attached hydrogen (secondary N) is 2. The van der Waals surface area contributed by atoms with E-state index in [1.807, 2.05) is 18.7 Å². The Labute approximate surface area is 157 Å². The minimum Gasteiger partial charge on any atom is -0.357 e. The van der Waals surface area contributed by atoms with E-state index in [1.54, 1.807) is 0 Å². The molecule has 132 valence electrons. The van der Waals surface area contributed by atoms with Crippen molar-refractivity contribution in [1.29, 1.82) is 0 Å². The molecule has 1 aromatic heterocycles. The van der Waals surface area contributed by atoms with Gasteiger partial charge in [0.2, 0.25) is 0 Å². The van der Waals surface area contributed by atoms with Crippen molar-refractivity contribution >= 4 is 41.7 Å². The molecule has 0 amide bonds. The molecule has 1 unspecified atom stereocenters. The molecule has 1 aliphatic heterocycles. The lowest BCUT2D eigenvalue weighted by Crippen LogP contribution is -2.43. The predicted octanol–water partition coefficient (Wildman–Crippen LogP) is 3.24. The normalized spacial score (nSPS) is 21.3. The quantitative estimate of drug-likeness (QED) is 0.390. The molecule has 2 rings (SSSR count). The number of hydrogen-bond donors (Lipinski definition) is 2. The maximum Gasteiger partial charge on any atom is 0.319 e. The van der Waals surface area contributed by atoms with Crippen LogP contribution in [0, 0.1) is 0 Å². The van der Waals surface area contributed by atoms with Crippen molar-refractivity contribution in [2.45, 2.75) is 44.5 Å². The largest absolute Gasteiger partial charge is 0.357 e. The highest BCUT2D eigenvalue weighted by Gasteiger charge is 2.29. The van der Waals surface area contributed by atoms with Gasteiger partial charge in [-0.2, -0.15) is 20.5 Å². The molecule has 2 heterocycles. The van der Waals surface area contributed by atoms with Crippen LogP contribution in [-0.2, 0) is 6.54 Å². The Morgan fingerprint density at radius 2 is 2.30 bits per heavy atom. The van der Waals surface area contributed by atoms with Crippen LogP contribution in [0.2, 0.25) is 0 Å². The lowest BCUT2D eigenvalue weighted by Gasteiger charge is -2.24. The number of alkyl halides is 2. The minimum absolute atomic E-state index is 0. The predicted molar refractivity (Wildman–Crippen MR) is 102 cm³/mol. The van der Waals surface area contributed by atoms with E-state index < -0.39 is 6.55 Å². The van der Waals surface area contributed by atoms with Gasteiger partial charge < -0.3 is 10.6 Å².